The average molecular weight is 419 g/mol. The Morgan fingerprint density at radius 2 is 1.76 bits per heavy atom. The molecule has 1 aromatic carbocycles. The van der Waals surface area contributed by atoms with Crippen LogP contribution in [0.5, 0.6) is 17.2 Å². The number of thiophene rings is 1. The summed E-state index contributed by atoms with van der Waals surface area (Å²) in [6.07, 6.45) is 0. The average Bonchev–Trinajstić information content (AvgIpc) is 3.31. The SMILES string of the molecule is CCNC(=NCc1c(OC)cc(OC)cc1OC)N1CCN(c2cccs2)CC1. The van der Waals surface area contributed by atoms with Gasteiger partial charge in [-0.15, -0.1) is 11.3 Å². The first kappa shape index (κ1) is 21.1. The van der Waals surface area contributed by atoms with Crippen molar-refractivity contribution in [2.75, 3.05) is 59.0 Å². The molecule has 7 nitrogen and oxygen atoms in total. The van der Waals surface area contributed by atoms with Gasteiger partial charge in [0.25, 0.3) is 0 Å². The molecule has 1 fully saturated rings. The Bertz CT molecular complexity index is 777. The lowest BCUT2D eigenvalue weighted by Gasteiger charge is -2.37. The molecule has 2 aromatic rings. The highest BCUT2D eigenvalue weighted by atomic mass is 32.1. The Balaban J connectivity index is 1.75. The molecule has 1 aliphatic rings. The van der Waals surface area contributed by atoms with Crippen molar-refractivity contribution in [3.05, 3.63) is 35.2 Å². The van der Waals surface area contributed by atoms with E-state index in [1.165, 1.54) is 5.00 Å². The third kappa shape index (κ3) is 5.06. The standard InChI is InChI=1S/C21H30N4O3S/c1-5-22-21(25-10-8-24(9-11-25)20-7-6-12-29-20)23-15-17-18(27-3)13-16(26-2)14-19(17)28-4/h6-7,12-14H,5,8-11,15H2,1-4H3,(H,22,23). The molecule has 1 N–H and O–H groups in total. The second-order valence-electron chi connectivity index (χ2n) is 6.61. The van der Waals surface area contributed by atoms with Gasteiger partial charge in [-0.1, -0.05) is 0 Å². The Morgan fingerprint density at radius 3 is 2.28 bits per heavy atom. The molecule has 0 aliphatic carbocycles. The molecule has 0 saturated carbocycles. The van der Waals surface area contributed by atoms with Gasteiger partial charge < -0.3 is 29.3 Å². The minimum atomic E-state index is 0.462. The normalized spacial score (nSPS) is 14.7. The molecule has 0 bridgehead atoms. The van der Waals surface area contributed by atoms with Gasteiger partial charge in [-0.3, -0.25) is 0 Å². The first-order valence-corrected chi connectivity index (χ1v) is 10.7. The van der Waals surface area contributed by atoms with Crippen molar-refractivity contribution < 1.29 is 14.2 Å². The van der Waals surface area contributed by atoms with Crippen LogP contribution in [0.25, 0.3) is 0 Å². The largest absolute Gasteiger partial charge is 0.496 e. The van der Waals surface area contributed by atoms with Gasteiger partial charge in [0, 0.05) is 44.9 Å². The lowest BCUT2D eigenvalue weighted by Crippen LogP contribution is -2.52. The van der Waals surface area contributed by atoms with Gasteiger partial charge in [0.1, 0.15) is 17.2 Å². The fourth-order valence-electron chi connectivity index (χ4n) is 3.40. The Labute approximate surface area is 176 Å². The highest BCUT2D eigenvalue weighted by molar-refractivity contribution is 7.14. The molecule has 0 spiro atoms. The lowest BCUT2D eigenvalue weighted by atomic mass is 10.1. The fourth-order valence-corrected chi connectivity index (χ4v) is 4.19. The monoisotopic (exact) mass is 418 g/mol. The quantitative estimate of drug-likeness (QED) is 0.551. The number of anilines is 1. The van der Waals surface area contributed by atoms with Crippen LogP contribution in [0.15, 0.2) is 34.6 Å². The zero-order valence-corrected chi connectivity index (χ0v) is 18.4. The van der Waals surface area contributed by atoms with Gasteiger partial charge in [0.2, 0.25) is 0 Å². The van der Waals surface area contributed by atoms with E-state index >= 15 is 0 Å². The number of rotatable bonds is 7. The summed E-state index contributed by atoms with van der Waals surface area (Å²) in [6, 6.07) is 8.01. The van der Waals surface area contributed by atoms with Crippen molar-refractivity contribution in [3.63, 3.8) is 0 Å². The Morgan fingerprint density at radius 1 is 1.07 bits per heavy atom. The maximum Gasteiger partial charge on any atom is 0.194 e. The molecule has 29 heavy (non-hydrogen) atoms. The highest BCUT2D eigenvalue weighted by Crippen LogP contribution is 2.34. The summed E-state index contributed by atoms with van der Waals surface area (Å²) in [4.78, 5) is 9.63. The number of nitrogens with one attached hydrogen (secondary N) is 1. The topological polar surface area (TPSA) is 58.6 Å². The van der Waals surface area contributed by atoms with E-state index in [2.05, 4.69) is 39.6 Å². The van der Waals surface area contributed by atoms with Gasteiger partial charge >= 0.3 is 0 Å². The molecule has 2 heterocycles. The van der Waals surface area contributed by atoms with Gasteiger partial charge in [0.05, 0.1) is 38.4 Å². The van der Waals surface area contributed by atoms with Crippen LogP contribution in [0.1, 0.15) is 12.5 Å². The van der Waals surface area contributed by atoms with Crippen LogP contribution in [0.3, 0.4) is 0 Å². The minimum absolute atomic E-state index is 0.462. The second kappa shape index (κ2) is 10.2. The fraction of sp³-hybridized carbons (Fsp3) is 0.476. The van der Waals surface area contributed by atoms with Crippen LogP contribution in [0, 0.1) is 0 Å². The number of hydrogen-bond acceptors (Lipinski definition) is 6. The third-order valence-electron chi connectivity index (χ3n) is 4.94. The molecule has 1 aromatic heterocycles. The van der Waals surface area contributed by atoms with Crippen LogP contribution >= 0.6 is 11.3 Å². The number of aliphatic imine (C=N–C) groups is 1. The number of hydrogen-bond donors (Lipinski definition) is 1. The lowest BCUT2D eigenvalue weighted by molar-refractivity contribution is 0.366. The highest BCUT2D eigenvalue weighted by Gasteiger charge is 2.21. The van der Waals surface area contributed by atoms with E-state index in [0.29, 0.717) is 23.8 Å². The first-order valence-electron chi connectivity index (χ1n) is 9.80. The van der Waals surface area contributed by atoms with Crippen molar-refractivity contribution >= 4 is 22.3 Å². The van der Waals surface area contributed by atoms with Crippen LogP contribution in [0.2, 0.25) is 0 Å². The zero-order chi connectivity index (χ0) is 20.6. The number of nitrogens with zero attached hydrogens (tertiary/aromatic N) is 3. The van der Waals surface area contributed by atoms with Crippen LogP contribution in [-0.4, -0.2) is 64.9 Å². The van der Waals surface area contributed by atoms with Crippen molar-refractivity contribution in [1.82, 2.24) is 10.2 Å². The number of guanidine groups is 1. The van der Waals surface area contributed by atoms with E-state index in [1.54, 1.807) is 32.7 Å². The molecule has 1 saturated heterocycles. The molecule has 3 rings (SSSR count). The maximum absolute atomic E-state index is 5.55. The molecule has 0 radical (unpaired) electrons. The van der Waals surface area contributed by atoms with E-state index in [-0.39, 0.29) is 0 Å². The number of methoxy groups -OCH3 is 3. The van der Waals surface area contributed by atoms with Crippen LogP contribution in [0.4, 0.5) is 5.00 Å². The van der Waals surface area contributed by atoms with Gasteiger partial charge in [0.15, 0.2) is 5.96 Å². The molecular formula is C21H30N4O3S. The molecule has 1 aliphatic heterocycles. The van der Waals surface area contributed by atoms with Gasteiger partial charge in [-0.2, -0.15) is 0 Å². The minimum Gasteiger partial charge on any atom is -0.496 e. The predicted molar refractivity (Wildman–Crippen MR) is 119 cm³/mol. The third-order valence-corrected chi connectivity index (χ3v) is 5.86. The van der Waals surface area contributed by atoms with E-state index in [0.717, 1.165) is 44.2 Å². The van der Waals surface area contributed by atoms with Crippen molar-refractivity contribution in [2.24, 2.45) is 4.99 Å². The van der Waals surface area contributed by atoms with Crippen molar-refractivity contribution in [3.8, 4) is 17.2 Å². The molecule has 158 valence electrons. The molecule has 0 unspecified atom stereocenters. The summed E-state index contributed by atoms with van der Waals surface area (Å²) in [7, 11) is 4.93. The second-order valence-corrected chi connectivity index (χ2v) is 7.53. The van der Waals surface area contributed by atoms with Crippen LogP contribution in [-0.2, 0) is 6.54 Å². The van der Waals surface area contributed by atoms with E-state index in [1.807, 2.05) is 12.1 Å². The van der Waals surface area contributed by atoms with Gasteiger partial charge in [-0.05, 0) is 24.4 Å². The summed E-state index contributed by atoms with van der Waals surface area (Å²) in [6.45, 7) is 7.21. The zero-order valence-electron chi connectivity index (χ0n) is 17.6. The Hall–Kier alpha value is -2.61. The maximum atomic E-state index is 5.55. The number of piperazine rings is 1. The van der Waals surface area contributed by atoms with Gasteiger partial charge in [-0.25, -0.2) is 4.99 Å². The summed E-state index contributed by atoms with van der Waals surface area (Å²) in [5.41, 5.74) is 0.906. The smallest absolute Gasteiger partial charge is 0.194 e. The molecule has 8 heteroatoms. The summed E-state index contributed by atoms with van der Waals surface area (Å²) in [5, 5.41) is 6.88. The summed E-state index contributed by atoms with van der Waals surface area (Å²) < 4.78 is 16.4. The van der Waals surface area contributed by atoms with E-state index in [9.17, 15) is 0 Å². The molecule has 0 amide bonds. The predicted octanol–water partition coefficient (Wildman–Crippen LogP) is 3.06. The first-order chi connectivity index (χ1) is 14.2. The molecular weight excluding hydrogens is 388 g/mol. The Kier molecular flexibility index (Phi) is 7.46. The number of benzene rings is 1. The summed E-state index contributed by atoms with van der Waals surface area (Å²) >= 11 is 1.79. The summed E-state index contributed by atoms with van der Waals surface area (Å²) in [5.74, 6) is 3.04. The van der Waals surface area contributed by atoms with Crippen LogP contribution < -0.4 is 24.4 Å². The molecule has 0 atom stereocenters. The van der Waals surface area contributed by atoms with E-state index in [4.69, 9.17) is 19.2 Å². The number of ether oxygens (including phenoxy) is 3. The van der Waals surface area contributed by atoms with Crippen molar-refractivity contribution in [1.29, 1.82) is 0 Å². The van der Waals surface area contributed by atoms with E-state index < -0.39 is 0 Å². The van der Waals surface area contributed by atoms with Crippen molar-refractivity contribution in [2.45, 2.75) is 13.5 Å².